The largest absolute Gasteiger partial charge is 0.311 e. The molecule has 0 radical (unpaired) electrons. The highest BCUT2D eigenvalue weighted by Crippen LogP contribution is 2.21. The molecule has 1 fully saturated rings. The van der Waals surface area contributed by atoms with Crippen molar-refractivity contribution in [2.24, 2.45) is 0 Å². The van der Waals surface area contributed by atoms with Crippen LogP contribution in [0.1, 0.15) is 44.5 Å². The topological polar surface area (TPSA) is 28.2 Å². The first kappa shape index (κ1) is 14.0. The predicted molar refractivity (Wildman–Crippen MR) is 78.3 cm³/mol. The van der Waals surface area contributed by atoms with Crippen molar-refractivity contribution < 1.29 is 0 Å². The van der Waals surface area contributed by atoms with E-state index in [1.54, 1.807) is 11.3 Å². The number of hydrogen-bond donors (Lipinski definition) is 1. The molecule has 2 rings (SSSR count). The molecular formula is C14H25N3S. The Labute approximate surface area is 115 Å². The van der Waals surface area contributed by atoms with Gasteiger partial charge in [-0.2, -0.15) is 0 Å². The highest BCUT2D eigenvalue weighted by Gasteiger charge is 2.26. The van der Waals surface area contributed by atoms with Crippen LogP contribution in [0.4, 0.5) is 0 Å². The van der Waals surface area contributed by atoms with Crippen molar-refractivity contribution in [1.29, 1.82) is 0 Å². The van der Waals surface area contributed by atoms with Gasteiger partial charge < -0.3 is 5.32 Å². The summed E-state index contributed by atoms with van der Waals surface area (Å²) in [6.07, 6.45) is 4.47. The summed E-state index contributed by atoms with van der Waals surface area (Å²) in [6.45, 7) is 10.3. The maximum absolute atomic E-state index is 4.44. The zero-order chi connectivity index (χ0) is 13.0. The molecule has 0 bridgehead atoms. The average Bonchev–Trinajstić information content (AvgIpc) is 2.87. The number of nitrogens with one attached hydrogen (secondary N) is 1. The summed E-state index contributed by atoms with van der Waals surface area (Å²) >= 11 is 1.78. The maximum atomic E-state index is 4.44. The molecule has 0 spiro atoms. The fraction of sp³-hybridized carbons (Fsp3) is 0.786. The van der Waals surface area contributed by atoms with Crippen molar-refractivity contribution in [2.75, 3.05) is 19.6 Å². The SMILES string of the molecule is CCCC1CN(CC(C)c2nccs2)C(C)CN1. The van der Waals surface area contributed by atoms with E-state index >= 15 is 0 Å². The summed E-state index contributed by atoms with van der Waals surface area (Å²) in [5.41, 5.74) is 0. The molecule has 3 atom stereocenters. The van der Waals surface area contributed by atoms with Gasteiger partial charge in [0.05, 0.1) is 5.01 Å². The number of hydrogen-bond acceptors (Lipinski definition) is 4. The summed E-state index contributed by atoms with van der Waals surface area (Å²) in [6, 6.07) is 1.32. The zero-order valence-corrected chi connectivity index (χ0v) is 12.5. The van der Waals surface area contributed by atoms with Crippen molar-refractivity contribution >= 4 is 11.3 Å². The standard InChI is InChI=1S/C14H25N3S/c1-4-5-13-10-17(12(3)8-16-13)9-11(2)14-15-6-7-18-14/h6-7,11-13,16H,4-5,8-10H2,1-3H3. The Morgan fingerprint density at radius 3 is 3.11 bits per heavy atom. The van der Waals surface area contributed by atoms with Crippen molar-refractivity contribution in [3.8, 4) is 0 Å². The van der Waals surface area contributed by atoms with Gasteiger partial charge in [-0.05, 0) is 13.3 Å². The van der Waals surface area contributed by atoms with Gasteiger partial charge in [0.2, 0.25) is 0 Å². The second-order valence-corrected chi connectivity index (χ2v) is 6.39. The van der Waals surface area contributed by atoms with E-state index in [0.29, 0.717) is 18.0 Å². The van der Waals surface area contributed by atoms with E-state index < -0.39 is 0 Å². The third-order valence-corrected chi connectivity index (χ3v) is 4.81. The fourth-order valence-electron chi connectivity index (χ4n) is 2.70. The van der Waals surface area contributed by atoms with Gasteiger partial charge in [-0.15, -0.1) is 11.3 Å². The van der Waals surface area contributed by atoms with Crippen LogP contribution in [0.2, 0.25) is 0 Å². The summed E-state index contributed by atoms with van der Waals surface area (Å²) in [5.74, 6) is 0.549. The van der Waals surface area contributed by atoms with Gasteiger partial charge in [0.1, 0.15) is 0 Å². The van der Waals surface area contributed by atoms with E-state index in [-0.39, 0.29) is 0 Å². The summed E-state index contributed by atoms with van der Waals surface area (Å²) in [5, 5.41) is 7.00. The molecule has 18 heavy (non-hydrogen) atoms. The molecule has 1 saturated heterocycles. The minimum atomic E-state index is 0.549. The molecule has 1 N–H and O–H groups in total. The van der Waals surface area contributed by atoms with Crippen LogP contribution >= 0.6 is 11.3 Å². The molecule has 3 nitrogen and oxygen atoms in total. The lowest BCUT2D eigenvalue weighted by Crippen LogP contribution is -2.55. The van der Waals surface area contributed by atoms with Crippen LogP contribution in [0, 0.1) is 0 Å². The highest BCUT2D eigenvalue weighted by atomic mass is 32.1. The predicted octanol–water partition coefficient (Wildman–Crippen LogP) is 2.71. The molecule has 2 heterocycles. The van der Waals surface area contributed by atoms with Crippen molar-refractivity contribution in [1.82, 2.24) is 15.2 Å². The number of nitrogens with zero attached hydrogens (tertiary/aromatic N) is 2. The van der Waals surface area contributed by atoms with E-state index in [4.69, 9.17) is 0 Å². The quantitative estimate of drug-likeness (QED) is 0.889. The molecule has 0 amide bonds. The lowest BCUT2D eigenvalue weighted by atomic mass is 10.0. The van der Waals surface area contributed by atoms with Gasteiger partial charge in [-0.1, -0.05) is 20.3 Å². The zero-order valence-electron chi connectivity index (χ0n) is 11.7. The van der Waals surface area contributed by atoms with Gasteiger partial charge >= 0.3 is 0 Å². The summed E-state index contributed by atoms with van der Waals surface area (Å²) in [4.78, 5) is 7.07. The van der Waals surface area contributed by atoms with Crippen molar-refractivity contribution in [2.45, 2.75) is 51.6 Å². The van der Waals surface area contributed by atoms with E-state index in [2.05, 4.69) is 41.4 Å². The second kappa shape index (κ2) is 6.64. The Hall–Kier alpha value is -0.450. The Morgan fingerprint density at radius 2 is 2.44 bits per heavy atom. The normalized spacial score (nSPS) is 27.3. The van der Waals surface area contributed by atoms with Crippen molar-refractivity contribution in [3.05, 3.63) is 16.6 Å². The monoisotopic (exact) mass is 267 g/mol. The van der Waals surface area contributed by atoms with Gasteiger partial charge in [0, 0.05) is 49.2 Å². The first-order valence-electron chi connectivity index (χ1n) is 7.07. The molecule has 0 aliphatic carbocycles. The lowest BCUT2D eigenvalue weighted by molar-refractivity contribution is 0.130. The number of rotatable bonds is 5. The average molecular weight is 267 g/mol. The van der Waals surface area contributed by atoms with E-state index in [1.807, 2.05) is 6.20 Å². The fourth-order valence-corrected chi connectivity index (χ4v) is 3.39. The van der Waals surface area contributed by atoms with Gasteiger partial charge in [0.25, 0.3) is 0 Å². The van der Waals surface area contributed by atoms with Crippen LogP contribution in [-0.2, 0) is 0 Å². The Balaban J connectivity index is 1.90. The molecule has 1 aliphatic heterocycles. The summed E-state index contributed by atoms with van der Waals surface area (Å²) < 4.78 is 0. The first-order chi connectivity index (χ1) is 8.70. The Bertz CT molecular complexity index is 339. The van der Waals surface area contributed by atoms with Gasteiger partial charge in [-0.25, -0.2) is 4.98 Å². The molecular weight excluding hydrogens is 242 g/mol. The molecule has 1 aromatic rings. The molecule has 102 valence electrons. The lowest BCUT2D eigenvalue weighted by Gasteiger charge is -2.39. The highest BCUT2D eigenvalue weighted by molar-refractivity contribution is 7.09. The molecule has 0 aromatic carbocycles. The third kappa shape index (κ3) is 3.53. The van der Waals surface area contributed by atoms with E-state index in [9.17, 15) is 0 Å². The van der Waals surface area contributed by atoms with E-state index in [0.717, 1.165) is 13.1 Å². The molecule has 4 heteroatoms. The van der Waals surface area contributed by atoms with Crippen LogP contribution in [0.3, 0.4) is 0 Å². The minimum Gasteiger partial charge on any atom is -0.311 e. The molecule has 3 unspecified atom stereocenters. The molecule has 1 aromatic heterocycles. The van der Waals surface area contributed by atoms with E-state index in [1.165, 1.54) is 24.4 Å². The third-order valence-electron chi connectivity index (χ3n) is 3.80. The van der Waals surface area contributed by atoms with Crippen LogP contribution in [0.5, 0.6) is 0 Å². The van der Waals surface area contributed by atoms with Crippen LogP contribution in [0.15, 0.2) is 11.6 Å². The number of thiazole rings is 1. The molecule has 0 saturated carbocycles. The maximum Gasteiger partial charge on any atom is 0.0965 e. The smallest absolute Gasteiger partial charge is 0.0965 e. The number of piperazine rings is 1. The first-order valence-corrected chi connectivity index (χ1v) is 7.95. The number of aromatic nitrogens is 1. The van der Waals surface area contributed by atoms with Gasteiger partial charge in [0.15, 0.2) is 0 Å². The van der Waals surface area contributed by atoms with Crippen molar-refractivity contribution in [3.63, 3.8) is 0 Å². The van der Waals surface area contributed by atoms with Crippen LogP contribution < -0.4 is 5.32 Å². The molecule has 1 aliphatic rings. The van der Waals surface area contributed by atoms with Crippen LogP contribution in [-0.4, -0.2) is 41.6 Å². The minimum absolute atomic E-state index is 0.549. The Morgan fingerprint density at radius 1 is 1.61 bits per heavy atom. The Kier molecular flexibility index (Phi) is 5.15. The summed E-state index contributed by atoms with van der Waals surface area (Å²) in [7, 11) is 0. The van der Waals surface area contributed by atoms with Crippen LogP contribution in [0.25, 0.3) is 0 Å². The van der Waals surface area contributed by atoms with Gasteiger partial charge in [-0.3, -0.25) is 4.90 Å². The second-order valence-electron chi connectivity index (χ2n) is 5.47.